The van der Waals surface area contributed by atoms with Gasteiger partial charge >= 0.3 is 0 Å². The van der Waals surface area contributed by atoms with E-state index >= 15 is 0 Å². The number of amides is 1. The Bertz CT molecular complexity index is 1060. The van der Waals surface area contributed by atoms with Crippen molar-refractivity contribution in [3.63, 3.8) is 0 Å². The minimum Gasteiger partial charge on any atom is -0.497 e. The minimum absolute atomic E-state index is 0.319. The Morgan fingerprint density at radius 1 is 1.14 bits per heavy atom. The number of rotatable bonds is 5. The molecule has 0 fully saturated rings. The van der Waals surface area contributed by atoms with Crippen molar-refractivity contribution in [2.24, 2.45) is 0 Å². The monoisotopic (exact) mass is 381 g/mol. The van der Waals surface area contributed by atoms with Crippen LogP contribution in [0.15, 0.2) is 59.4 Å². The largest absolute Gasteiger partial charge is 0.497 e. The number of aromatic nitrogens is 2. The van der Waals surface area contributed by atoms with E-state index in [2.05, 4.69) is 10.4 Å². The van der Waals surface area contributed by atoms with E-state index in [4.69, 9.17) is 4.74 Å². The minimum atomic E-state index is -0.880. The van der Waals surface area contributed by atoms with Crippen molar-refractivity contribution >= 4 is 11.6 Å². The Morgan fingerprint density at radius 3 is 2.50 bits per heavy atom. The molecule has 1 heterocycles. The van der Waals surface area contributed by atoms with E-state index in [1.807, 2.05) is 12.1 Å². The second kappa shape index (κ2) is 8.04. The van der Waals surface area contributed by atoms with Crippen molar-refractivity contribution in [3.8, 4) is 17.0 Å². The van der Waals surface area contributed by atoms with Gasteiger partial charge < -0.3 is 10.1 Å². The number of ether oxygens (including phenoxy) is 1. The molecular formula is C21H20FN3O3. The normalized spacial score (nSPS) is 11.7. The third-order valence-electron chi connectivity index (χ3n) is 4.40. The van der Waals surface area contributed by atoms with E-state index in [9.17, 15) is 14.0 Å². The lowest BCUT2D eigenvalue weighted by Crippen LogP contribution is -2.33. The molecule has 3 aromatic rings. The number of hydrogen-bond acceptors (Lipinski definition) is 4. The van der Waals surface area contributed by atoms with Crippen molar-refractivity contribution in [1.82, 2.24) is 9.78 Å². The van der Waals surface area contributed by atoms with Gasteiger partial charge in [-0.15, -0.1) is 0 Å². The van der Waals surface area contributed by atoms with E-state index in [0.29, 0.717) is 22.7 Å². The summed E-state index contributed by atoms with van der Waals surface area (Å²) < 4.78 is 19.9. The van der Waals surface area contributed by atoms with Gasteiger partial charge in [-0.05, 0) is 61.9 Å². The number of methoxy groups -OCH3 is 1. The van der Waals surface area contributed by atoms with Crippen LogP contribution in [0.5, 0.6) is 5.75 Å². The van der Waals surface area contributed by atoms with Gasteiger partial charge in [-0.1, -0.05) is 6.07 Å². The maximum atomic E-state index is 13.7. The number of carbonyl (C=O) groups is 1. The lowest BCUT2D eigenvalue weighted by Gasteiger charge is -2.15. The number of benzene rings is 2. The first-order chi connectivity index (χ1) is 13.4. The zero-order valence-corrected chi connectivity index (χ0v) is 15.8. The van der Waals surface area contributed by atoms with Gasteiger partial charge in [0, 0.05) is 17.3 Å². The fourth-order valence-electron chi connectivity index (χ4n) is 2.65. The Balaban J connectivity index is 1.85. The van der Waals surface area contributed by atoms with Gasteiger partial charge in [0.1, 0.15) is 17.6 Å². The highest BCUT2D eigenvalue weighted by Crippen LogP contribution is 2.20. The third-order valence-corrected chi connectivity index (χ3v) is 4.40. The molecular weight excluding hydrogens is 361 g/mol. The number of anilines is 1. The predicted octanol–water partition coefficient (Wildman–Crippen LogP) is 3.57. The lowest BCUT2D eigenvalue weighted by atomic mass is 10.1. The van der Waals surface area contributed by atoms with E-state index in [1.54, 1.807) is 51.3 Å². The van der Waals surface area contributed by atoms with Crippen molar-refractivity contribution in [2.45, 2.75) is 19.9 Å². The van der Waals surface area contributed by atoms with Crippen molar-refractivity contribution in [1.29, 1.82) is 0 Å². The van der Waals surface area contributed by atoms with Crippen LogP contribution in [0.25, 0.3) is 11.3 Å². The van der Waals surface area contributed by atoms with Crippen LogP contribution in [0.1, 0.15) is 18.5 Å². The number of nitrogens with one attached hydrogen (secondary N) is 1. The molecule has 1 atom stereocenters. The second-order valence-corrected chi connectivity index (χ2v) is 6.36. The van der Waals surface area contributed by atoms with Gasteiger partial charge in [0.25, 0.3) is 5.56 Å². The first-order valence-electron chi connectivity index (χ1n) is 8.70. The van der Waals surface area contributed by atoms with Gasteiger partial charge in [-0.25, -0.2) is 9.07 Å². The first kappa shape index (κ1) is 19.3. The summed E-state index contributed by atoms with van der Waals surface area (Å²) in [6.45, 7) is 3.20. The van der Waals surface area contributed by atoms with Crippen molar-refractivity contribution in [3.05, 3.63) is 76.3 Å². The number of nitrogens with zero attached hydrogens (tertiary/aromatic N) is 2. The van der Waals surface area contributed by atoms with Crippen molar-refractivity contribution < 1.29 is 13.9 Å². The fraction of sp³-hybridized carbons (Fsp3) is 0.190. The summed E-state index contributed by atoms with van der Waals surface area (Å²) in [6.07, 6.45) is 0. The van der Waals surface area contributed by atoms with Gasteiger partial charge in [-0.2, -0.15) is 5.10 Å². The molecule has 2 aromatic carbocycles. The molecule has 1 unspecified atom stereocenters. The van der Waals surface area contributed by atoms with Gasteiger partial charge in [0.05, 0.1) is 12.8 Å². The molecule has 0 aliphatic carbocycles. The smallest absolute Gasteiger partial charge is 0.267 e. The summed E-state index contributed by atoms with van der Waals surface area (Å²) in [7, 11) is 1.58. The molecule has 0 saturated heterocycles. The molecule has 0 bridgehead atoms. The van der Waals surface area contributed by atoms with Crippen LogP contribution in [-0.2, 0) is 4.79 Å². The molecule has 0 spiro atoms. The van der Waals surface area contributed by atoms with Crippen LogP contribution < -0.4 is 15.6 Å². The second-order valence-electron chi connectivity index (χ2n) is 6.36. The molecule has 0 radical (unpaired) electrons. The van der Waals surface area contributed by atoms with Crippen molar-refractivity contribution in [2.75, 3.05) is 12.4 Å². The topological polar surface area (TPSA) is 73.2 Å². The maximum Gasteiger partial charge on any atom is 0.267 e. The molecule has 1 N–H and O–H groups in total. The highest BCUT2D eigenvalue weighted by molar-refractivity contribution is 5.93. The Morgan fingerprint density at radius 2 is 1.86 bits per heavy atom. The molecule has 144 valence electrons. The lowest BCUT2D eigenvalue weighted by molar-refractivity contribution is -0.119. The summed E-state index contributed by atoms with van der Waals surface area (Å²) in [4.78, 5) is 24.8. The standard InChI is InChI=1S/C21H20FN3O3/c1-13-4-7-16(12-18(13)22)23-21(27)14(2)25-20(26)11-10-19(24-25)15-5-8-17(28-3)9-6-15/h4-12,14H,1-3H3,(H,23,27). The Labute approximate surface area is 161 Å². The molecule has 1 aromatic heterocycles. The van der Waals surface area contributed by atoms with E-state index in [-0.39, 0.29) is 0 Å². The molecule has 28 heavy (non-hydrogen) atoms. The molecule has 3 rings (SSSR count). The highest BCUT2D eigenvalue weighted by atomic mass is 19.1. The van der Waals surface area contributed by atoms with E-state index < -0.39 is 23.3 Å². The fourth-order valence-corrected chi connectivity index (χ4v) is 2.65. The average molecular weight is 381 g/mol. The third kappa shape index (κ3) is 4.09. The zero-order valence-electron chi connectivity index (χ0n) is 15.8. The summed E-state index contributed by atoms with van der Waals surface area (Å²) in [6, 6.07) is 13.7. The molecule has 0 aliphatic heterocycles. The maximum absolute atomic E-state index is 13.7. The molecule has 6 nitrogen and oxygen atoms in total. The summed E-state index contributed by atoms with van der Waals surface area (Å²) >= 11 is 0. The van der Waals surface area contributed by atoms with E-state index in [1.165, 1.54) is 12.1 Å². The van der Waals surface area contributed by atoms with Crippen LogP contribution >= 0.6 is 0 Å². The Kier molecular flexibility index (Phi) is 5.54. The SMILES string of the molecule is COc1ccc(-c2ccc(=O)n(C(C)C(=O)Nc3ccc(C)c(F)c3)n2)cc1. The van der Waals surface area contributed by atoms with Crippen LogP contribution in [0.4, 0.5) is 10.1 Å². The molecule has 1 amide bonds. The first-order valence-corrected chi connectivity index (χ1v) is 8.70. The van der Waals surface area contributed by atoms with Gasteiger partial charge in [0.2, 0.25) is 5.91 Å². The van der Waals surface area contributed by atoms with Gasteiger partial charge in [-0.3, -0.25) is 9.59 Å². The number of halogens is 1. The average Bonchev–Trinajstić information content (AvgIpc) is 2.70. The zero-order chi connectivity index (χ0) is 20.3. The molecule has 7 heteroatoms. The van der Waals surface area contributed by atoms with Crippen LogP contribution in [0.3, 0.4) is 0 Å². The van der Waals surface area contributed by atoms with E-state index in [0.717, 1.165) is 10.2 Å². The Hall–Kier alpha value is -3.48. The quantitative estimate of drug-likeness (QED) is 0.733. The van der Waals surface area contributed by atoms with Gasteiger partial charge in [0.15, 0.2) is 0 Å². The van der Waals surface area contributed by atoms with Crippen LogP contribution in [0, 0.1) is 12.7 Å². The summed E-state index contributed by atoms with van der Waals surface area (Å²) in [5, 5.41) is 6.94. The highest BCUT2D eigenvalue weighted by Gasteiger charge is 2.18. The number of hydrogen-bond donors (Lipinski definition) is 1. The number of carbonyl (C=O) groups excluding carboxylic acids is 1. The summed E-state index contributed by atoms with van der Waals surface area (Å²) in [5.74, 6) is -0.179. The van der Waals surface area contributed by atoms with Crippen LogP contribution in [0.2, 0.25) is 0 Å². The van der Waals surface area contributed by atoms with Crippen LogP contribution in [-0.4, -0.2) is 22.8 Å². The predicted molar refractivity (Wildman–Crippen MR) is 105 cm³/mol. The number of aryl methyl sites for hydroxylation is 1. The summed E-state index contributed by atoms with van der Waals surface area (Å²) in [5.41, 5.74) is 1.72. The molecule has 0 saturated carbocycles. The molecule has 0 aliphatic rings.